The number of hydrogen-bond acceptors (Lipinski definition) is 5. The van der Waals surface area contributed by atoms with Gasteiger partial charge in [-0.15, -0.1) is 5.10 Å². The molecular formula is C23H27ClN6O. The number of hydrogen-bond donors (Lipinski definition) is 1. The van der Waals surface area contributed by atoms with E-state index in [1.165, 1.54) is 5.56 Å². The van der Waals surface area contributed by atoms with Gasteiger partial charge in [0.2, 0.25) is 5.91 Å². The fraction of sp³-hybridized carbons (Fsp3) is 0.391. The average molecular weight is 439 g/mol. The molecule has 3 aromatic rings. The van der Waals surface area contributed by atoms with Crippen molar-refractivity contribution >= 4 is 17.5 Å². The van der Waals surface area contributed by atoms with Gasteiger partial charge in [-0.3, -0.25) is 9.69 Å². The van der Waals surface area contributed by atoms with Crippen molar-refractivity contribution in [2.45, 2.75) is 44.3 Å². The Hall–Kier alpha value is -2.77. The van der Waals surface area contributed by atoms with Gasteiger partial charge in [-0.05, 0) is 46.5 Å². The van der Waals surface area contributed by atoms with Crippen molar-refractivity contribution < 1.29 is 4.79 Å². The van der Waals surface area contributed by atoms with E-state index < -0.39 is 0 Å². The van der Waals surface area contributed by atoms with Gasteiger partial charge in [0.05, 0.1) is 6.54 Å². The number of aromatic nitrogens is 4. The van der Waals surface area contributed by atoms with Crippen LogP contribution in [0.15, 0.2) is 60.9 Å². The largest absolute Gasteiger partial charge is 0.353 e. The molecule has 1 amide bonds. The van der Waals surface area contributed by atoms with Gasteiger partial charge >= 0.3 is 0 Å². The predicted molar refractivity (Wildman–Crippen MR) is 120 cm³/mol. The van der Waals surface area contributed by atoms with Crippen LogP contribution in [0.2, 0.25) is 5.02 Å². The van der Waals surface area contributed by atoms with Crippen molar-refractivity contribution in [2.24, 2.45) is 0 Å². The van der Waals surface area contributed by atoms with Gasteiger partial charge in [0.15, 0.2) is 0 Å². The zero-order chi connectivity index (χ0) is 21.5. The SMILES string of the molecule is O=C(C[C@H](Cn1cnnn1)c1ccc(Cl)cc1)NC1CCN(Cc2ccccc2)CC1. The number of rotatable bonds is 8. The first-order valence-electron chi connectivity index (χ1n) is 10.7. The summed E-state index contributed by atoms with van der Waals surface area (Å²) in [7, 11) is 0. The van der Waals surface area contributed by atoms with E-state index in [-0.39, 0.29) is 17.9 Å². The van der Waals surface area contributed by atoms with Gasteiger partial charge in [0, 0.05) is 43.0 Å². The first kappa shape index (κ1) is 21.5. The Labute approximate surface area is 187 Å². The van der Waals surface area contributed by atoms with Gasteiger partial charge in [0.25, 0.3) is 0 Å². The normalized spacial score (nSPS) is 16.2. The lowest BCUT2D eigenvalue weighted by molar-refractivity contribution is -0.122. The standard InChI is InChI=1S/C23H27ClN6O/c24-21-8-6-19(7-9-21)20(16-30-17-25-27-28-30)14-23(31)26-22-10-12-29(13-11-22)15-18-4-2-1-3-5-18/h1-9,17,20,22H,10-16H2,(H,26,31)/t20-/m1/s1. The molecular weight excluding hydrogens is 412 g/mol. The van der Waals surface area contributed by atoms with Crippen LogP contribution in [0.25, 0.3) is 0 Å². The summed E-state index contributed by atoms with van der Waals surface area (Å²) in [5.41, 5.74) is 2.38. The maximum absolute atomic E-state index is 12.9. The number of amides is 1. The molecule has 2 heterocycles. The zero-order valence-electron chi connectivity index (χ0n) is 17.4. The van der Waals surface area contributed by atoms with Gasteiger partial charge in [0.1, 0.15) is 6.33 Å². The van der Waals surface area contributed by atoms with Crippen molar-refractivity contribution in [3.05, 3.63) is 77.1 Å². The fourth-order valence-corrected chi connectivity index (χ4v) is 4.23. The Bertz CT molecular complexity index is 940. The molecule has 7 nitrogen and oxygen atoms in total. The predicted octanol–water partition coefficient (Wildman–Crippen LogP) is 3.28. The maximum Gasteiger partial charge on any atom is 0.220 e. The molecule has 1 saturated heterocycles. The summed E-state index contributed by atoms with van der Waals surface area (Å²) >= 11 is 6.04. The zero-order valence-corrected chi connectivity index (χ0v) is 18.2. The number of tetrazole rings is 1. The van der Waals surface area contributed by atoms with Crippen LogP contribution in [-0.2, 0) is 17.9 Å². The summed E-state index contributed by atoms with van der Waals surface area (Å²) in [5, 5.41) is 15.3. The number of benzene rings is 2. The second kappa shape index (κ2) is 10.5. The molecule has 1 aliphatic heterocycles. The molecule has 1 atom stereocenters. The second-order valence-corrected chi connectivity index (χ2v) is 8.52. The van der Waals surface area contributed by atoms with E-state index in [1.807, 2.05) is 30.3 Å². The molecule has 1 fully saturated rings. The molecule has 162 valence electrons. The maximum atomic E-state index is 12.9. The molecule has 4 rings (SSSR count). The van der Waals surface area contributed by atoms with Crippen molar-refractivity contribution in [1.29, 1.82) is 0 Å². The van der Waals surface area contributed by atoms with Crippen LogP contribution in [0.4, 0.5) is 0 Å². The molecule has 0 bridgehead atoms. The molecule has 8 heteroatoms. The molecule has 0 aliphatic carbocycles. The van der Waals surface area contributed by atoms with Crippen LogP contribution in [0.5, 0.6) is 0 Å². The van der Waals surface area contributed by atoms with Crippen LogP contribution in [0.3, 0.4) is 0 Å². The second-order valence-electron chi connectivity index (χ2n) is 8.09. The number of carbonyl (C=O) groups is 1. The minimum atomic E-state index is -0.0288. The number of carbonyl (C=O) groups excluding carboxylic acids is 1. The van der Waals surface area contributed by atoms with Crippen LogP contribution in [0.1, 0.15) is 36.3 Å². The lowest BCUT2D eigenvalue weighted by Crippen LogP contribution is -2.44. The minimum Gasteiger partial charge on any atom is -0.353 e. The Morgan fingerprint density at radius 3 is 2.52 bits per heavy atom. The van der Waals surface area contributed by atoms with Gasteiger partial charge in [-0.1, -0.05) is 54.1 Å². The summed E-state index contributed by atoms with van der Waals surface area (Å²) in [6.45, 7) is 3.49. The third-order valence-corrected chi connectivity index (χ3v) is 6.03. The Kier molecular flexibility index (Phi) is 7.27. The molecule has 0 unspecified atom stereocenters. The lowest BCUT2D eigenvalue weighted by atomic mass is 9.94. The number of halogens is 1. The summed E-state index contributed by atoms with van der Waals surface area (Å²) in [6.07, 6.45) is 3.89. The molecule has 0 radical (unpaired) electrons. The first-order valence-corrected chi connectivity index (χ1v) is 11.1. The first-order chi connectivity index (χ1) is 15.2. The van der Waals surface area contributed by atoms with Crippen molar-refractivity contribution in [3.8, 4) is 0 Å². The third kappa shape index (κ3) is 6.35. The number of likely N-dealkylation sites (tertiary alicyclic amines) is 1. The van der Waals surface area contributed by atoms with E-state index in [4.69, 9.17) is 11.6 Å². The minimum absolute atomic E-state index is 0.0288. The highest BCUT2D eigenvalue weighted by atomic mass is 35.5. The highest BCUT2D eigenvalue weighted by Crippen LogP contribution is 2.24. The van der Waals surface area contributed by atoms with Crippen LogP contribution >= 0.6 is 11.6 Å². The molecule has 1 N–H and O–H groups in total. The van der Waals surface area contributed by atoms with E-state index in [2.05, 4.69) is 50.0 Å². The van der Waals surface area contributed by atoms with Crippen LogP contribution < -0.4 is 5.32 Å². The Morgan fingerprint density at radius 1 is 1.10 bits per heavy atom. The van der Waals surface area contributed by atoms with Crippen LogP contribution in [-0.4, -0.2) is 50.1 Å². The Balaban J connectivity index is 1.30. The number of nitrogens with zero attached hydrogens (tertiary/aromatic N) is 5. The number of nitrogens with one attached hydrogen (secondary N) is 1. The lowest BCUT2D eigenvalue weighted by Gasteiger charge is -2.32. The van der Waals surface area contributed by atoms with E-state index in [0.29, 0.717) is 18.0 Å². The van der Waals surface area contributed by atoms with Crippen molar-refractivity contribution in [2.75, 3.05) is 13.1 Å². The monoisotopic (exact) mass is 438 g/mol. The van der Waals surface area contributed by atoms with E-state index in [0.717, 1.165) is 38.0 Å². The van der Waals surface area contributed by atoms with E-state index in [1.54, 1.807) is 11.0 Å². The van der Waals surface area contributed by atoms with E-state index >= 15 is 0 Å². The Morgan fingerprint density at radius 2 is 1.84 bits per heavy atom. The summed E-state index contributed by atoms with van der Waals surface area (Å²) in [6, 6.07) is 18.4. The highest BCUT2D eigenvalue weighted by molar-refractivity contribution is 6.30. The van der Waals surface area contributed by atoms with Gasteiger partial charge in [-0.2, -0.15) is 0 Å². The summed E-state index contributed by atoms with van der Waals surface area (Å²) < 4.78 is 1.66. The number of piperidine rings is 1. The van der Waals surface area contributed by atoms with Gasteiger partial charge in [-0.25, -0.2) is 4.68 Å². The van der Waals surface area contributed by atoms with Crippen LogP contribution in [0, 0.1) is 0 Å². The average Bonchev–Trinajstić information content (AvgIpc) is 3.29. The topological polar surface area (TPSA) is 75.9 Å². The summed E-state index contributed by atoms with van der Waals surface area (Å²) in [5.74, 6) is 0.0356. The molecule has 2 aromatic carbocycles. The molecule has 0 spiro atoms. The third-order valence-electron chi connectivity index (χ3n) is 5.77. The van der Waals surface area contributed by atoms with Crippen molar-refractivity contribution in [1.82, 2.24) is 30.4 Å². The molecule has 31 heavy (non-hydrogen) atoms. The molecule has 1 aromatic heterocycles. The quantitative estimate of drug-likeness (QED) is 0.584. The van der Waals surface area contributed by atoms with E-state index in [9.17, 15) is 4.79 Å². The summed E-state index contributed by atoms with van der Waals surface area (Å²) in [4.78, 5) is 15.3. The smallest absolute Gasteiger partial charge is 0.220 e. The van der Waals surface area contributed by atoms with Crippen molar-refractivity contribution in [3.63, 3.8) is 0 Å². The highest BCUT2D eigenvalue weighted by Gasteiger charge is 2.23. The van der Waals surface area contributed by atoms with Gasteiger partial charge < -0.3 is 5.32 Å². The fourth-order valence-electron chi connectivity index (χ4n) is 4.10. The molecule has 1 aliphatic rings. The molecule has 0 saturated carbocycles.